The number of benzene rings is 1. The van der Waals surface area contributed by atoms with Crippen LogP contribution in [0.15, 0.2) is 69.0 Å². The topological polar surface area (TPSA) is 59.4 Å². The number of fused-ring (bicyclic) bond motifs is 5. The van der Waals surface area contributed by atoms with Gasteiger partial charge in [-0.1, -0.05) is 24.3 Å². The van der Waals surface area contributed by atoms with Crippen molar-refractivity contribution < 1.29 is 8.42 Å². The average molecular weight is 469 g/mol. The molecule has 158 valence electrons. The Bertz CT molecular complexity index is 1420. The van der Waals surface area contributed by atoms with E-state index >= 15 is 0 Å². The van der Waals surface area contributed by atoms with E-state index in [4.69, 9.17) is 0 Å². The lowest BCUT2D eigenvalue weighted by Gasteiger charge is -2.42. The summed E-state index contributed by atoms with van der Waals surface area (Å²) in [5.74, 6) is 0.160. The lowest BCUT2D eigenvalue weighted by molar-refractivity contribution is 0.187. The van der Waals surface area contributed by atoms with Gasteiger partial charge >= 0.3 is 0 Å². The van der Waals surface area contributed by atoms with E-state index in [0.29, 0.717) is 23.8 Å². The molecule has 2 aliphatic heterocycles. The van der Waals surface area contributed by atoms with Crippen LogP contribution < -0.4 is 5.56 Å². The molecule has 3 aromatic heterocycles. The third-order valence-electron chi connectivity index (χ3n) is 6.34. The molecule has 1 saturated heterocycles. The monoisotopic (exact) mass is 468 g/mol. The standard InChI is InChI=1S/C23H20N2O3S3/c26-21-8-7-18(20-11-16-4-1-2-5-19(16)30-20)23-17-10-15(13-25(21)23)12-24(14-17)31(27,28)22-6-3-9-29-22/h1-9,11,15,17H,10,12-14H2. The van der Waals surface area contributed by atoms with Gasteiger partial charge in [0.1, 0.15) is 4.21 Å². The SMILES string of the molecule is O=c1ccc(-c2cc3ccccc3s2)c2n1CC1CC2CN(S(=O)(=O)c2cccs2)C1. The summed E-state index contributed by atoms with van der Waals surface area (Å²) in [5.41, 5.74) is 2.05. The molecule has 4 aromatic rings. The number of piperidine rings is 1. The van der Waals surface area contributed by atoms with Crippen LogP contribution in [-0.4, -0.2) is 30.4 Å². The Labute approximate surface area is 188 Å². The van der Waals surface area contributed by atoms with E-state index in [-0.39, 0.29) is 17.4 Å². The number of nitrogens with zero attached hydrogens (tertiary/aromatic N) is 2. The van der Waals surface area contributed by atoms with E-state index in [2.05, 4.69) is 18.2 Å². The highest BCUT2D eigenvalue weighted by atomic mass is 32.2. The maximum Gasteiger partial charge on any atom is 0.252 e. The zero-order chi connectivity index (χ0) is 21.2. The molecular formula is C23H20N2O3S3. The molecule has 2 unspecified atom stereocenters. The molecule has 0 saturated carbocycles. The summed E-state index contributed by atoms with van der Waals surface area (Å²) in [6, 6.07) is 17.5. The minimum atomic E-state index is -3.50. The van der Waals surface area contributed by atoms with Crippen LogP contribution in [0.3, 0.4) is 0 Å². The molecule has 5 nitrogen and oxygen atoms in total. The third-order valence-corrected chi connectivity index (χ3v) is 10.7. The van der Waals surface area contributed by atoms with Gasteiger partial charge in [-0.3, -0.25) is 4.79 Å². The van der Waals surface area contributed by atoms with Gasteiger partial charge in [-0.05, 0) is 47.4 Å². The van der Waals surface area contributed by atoms with Crippen LogP contribution in [0, 0.1) is 5.92 Å². The largest absolute Gasteiger partial charge is 0.311 e. The lowest BCUT2D eigenvalue weighted by Crippen LogP contribution is -2.49. The number of pyridine rings is 1. The Kier molecular flexibility index (Phi) is 4.47. The summed E-state index contributed by atoms with van der Waals surface area (Å²) < 4.78 is 31.5. The van der Waals surface area contributed by atoms with Gasteiger partial charge in [0.25, 0.3) is 15.6 Å². The average Bonchev–Trinajstić information content (AvgIpc) is 3.44. The van der Waals surface area contributed by atoms with E-state index in [9.17, 15) is 13.2 Å². The fraction of sp³-hybridized carbons (Fsp3) is 0.261. The summed E-state index contributed by atoms with van der Waals surface area (Å²) >= 11 is 2.98. The van der Waals surface area contributed by atoms with E-state index in [0.717, 1.165) is 22.6 Å². The van der Waals surface area contributed by atoms with Gasteiger partial charge < -0.3 is 4.57 Å². The second-order valence-electron chi connectivity index (χ2n) is 8.28. The van der Waals surface area contributed by atoms with E-state index in [1.807, 2.05) is 22.8 Å². The summed E-state index contributed by atoms with van der Waals surface area (Å²) in [5, 5.41) is 2.98. The van der Waals surface area contributed by atoms with Crippen molar-refractivity contribution in [3.63, 3.8) is 0 Å². The molecule has 8 heteroatoms. The molecule has 2 aliphatic rings. The van der Waals surface area contributed by atoms with Crippen molar-refractivity contribution >= 4 is 42.8 Å². The third kappa shape index (κ3) is 3.12. The van der Waals surface area contributed by atoms with E-state index in [1.165, 1.54) is 21.4 Å². The van der Waals surface area contributed by atoms with Crippen molar-refractivity contribution in [3.8, 4) is 10.4 Å². The van der Waals surface area contributed by atoms with E-state index < -0.39 is 10.0 Å². The number of hydrogen-bond acceptors (Lipinski definition) is 5. The molecule has 0 spiro atoms. The lowest BCUT2D eigenvalue weighted by atomic mass is 9.82. The Balaban J connectivity index is 1.46. The quantitative estimate of drug-likeness (QED) is 0.442. The first-order valence-electron chi connectivity index (χ1n) is 10.3. The Morgan fingerprint density at radius 2 is 1.84 bits per heavy atom. The first-order valence-corrected chi connectivity index (χ1v) is 13.4. The van der Waals surface area contributed by atoms with Gasteiger partial charge in [-0.15, -0.1) is 22.7 Å². The first kappa shape index (κ1) is 19.4. The second kappa shape index (κ2) is 7.13. The van der Waals surface area contributed by atoms with Crippen molar-refractivity contribution in [2.24, 2.45) is 5.92 Å². The summed E-state index contributed by atoms with van der Waals surface area (Å²) in [6.45, 7) is 1.45. The minimum absolute atomic E-state index is 0.00382. The van der Waals surface area contributed by atoms with Gasteiger partial charge in [0.15, 0.2) is 0 Å². The van der Waals surface area contributed by atoms with Gasteiger partial charge in [0, 0.05) is 52.5 Å². The summed E-state index contributed by atoms with van der Waals surface area (Å²) in [4.78, 5) is 13.9. The number of hydrogen-bond donors (Lipinski definition) is 0. The molecule has 2 bridgehead atoms. The highest BCUT2D eigenvalue weighted by molar-refractivity contribution is 7.91. The molecule has 0 aliphatic carbocycles. The van der Waals surface area contributed by atoms with Crippen molar-refractivity contribution in [1.29, 1.82) is 0 Å². The fourth-order valence-electron chi connectivity index (χ4n) is 5.03. The highest BCUT2D eigenvalue weighted by Gasteiger charge is 2.41. The zero-order valence-corrected chi connectivity index (χ0v) is 19.1. The molecule has 1 aromatic carbocycles. The van der Waals surface area contributed by atoms with Gasteiger partial charge in [0.2, 0.25) is 0 Å². The Morgan fingerprint density at radius 3 is 2.65 bits per heavy atom. The highest BCUT2D eigenvalue weighted by Crippen LogP contribution is 2.43. The number of thiophene rings is 2. The van der Waals surface area contributed by atoms with Gasteiger partial charge in [-0.2, -0.15) is 4.31 Å². The second-order valence-corrected chi connectivity index (χ2v) is 12.5. The smallest absolute Gasteiger partial charge is 0.252 e. The predicted octanol–water partition coefficient (Wildman–Crippen LogP) is 4.60. The van der Waals surface area contributed by atoms with Crippen LogP contribution in [0.2, 0.25) is 0 Å². The summed E-state index contributed by atoms with van der Waals surface area (Å²) in [6.07, 6.45) is 0.914. The van der Waals surface area contributed by atoms with Crippen molar-refractivity contribution in [3.05, 3.63) is 76.0 Å². The number of aromatic nitrogens is 1. The van der Waals surface area contributed by atoms with E-state index in [1.54, 1.807) is 39.2 Å². The van der Waals surface area contributed by atoms with Crippen LogP contribution in [0.1, 0.15) is 18.0 Å². The Morgan fingerprint density at radius 1 is 0.968 bits per heavy atom. The predicted molar refractivity (Wildman–Crippen MR) is 125 cm³/mol. The van der Waals surface area contributed by atoms with Crippen LogP contribution in [0.4, 0.5) is 0 Å². The van der Waals surface area contributed by atoms with Crippen LogP contribution in [0.5, 0.6) is 0 Å². The zero-order valence-electron chi connectivity index (χ0n) is 16.6. The van der Waals surface area contributed by atoms with Crippen molar-refractivity contribution in [2.45, 2.75) is 23.1 Å². The normalized spacial score (nSPS) is 21.3. The molecule has 0 N–H and O–H groups in total. The maximum absolute atomic E-state index is 13.2. The molecule has 2 atom stereocenters. The molecule has 0 amide bonds. The van der Waals surface area contributed by atoms with Gasteiger partial charge in [-0.25, -0.2) is 8.42 Å². The van der Waals surface area contributed by atoms with Crippen LogP contribution >= 0.6 is 22.7 Å². The summed E-state index contributed by atoms with van der Waals surface area (Å²) in [7, 11) is -3.50. The molecule has 1 fully saturated rings. The van der Waals surface area contributed by atoms with Crippen LogP contribution in [-0.2, 0) is 16.6 Å². The van der Waals surface area contributed by atoms with Crippen molar-refractivity contribution in [2.75, 3.05) is 13.1 Å². The molecule has 0 radical (unpaired) electrons. The molecule has 5 heterocycles. The van der Waals surface area contributed by atoms with Gasteiger partial charge in [0.05, 0.1) is 0 Å². The van der Waals surface area contributed by atoms with Crippen molar-refractivity contribution in [1.82, 2.24) is 8.87 Å². The first-order chi connectivity index (χ1) is 15.0. The molecule has 6 rings (SSSR count). The number of rotatable bonds is 3. The molecular weight excluding hydrogens is 448 g/mol. The minimum Gasteiger partial charge on any atom is -0.311 e. The Hall–Kier alpha value is -2.26. The van der Waals surface area contributed by atoms with Crippen LogP contribution in [0.25, 0.3) is 20.5 Å². The molecule has 31 heavy (non-hydrogen) atoms. The number of sulfonamides is 1. The fourth-order valence-corrected chi connectivity index (χ4v) is 8.83. The maximum atomic E-state index is 13.2.